The Morgan fingerprint density at radius 1 is 1.02 bits per heavy atom. The lowest BCUT2D eigenvalue weighted by molar-refractivity contribution is -0.138. The number of carboxylic acid groups (broad SMARTS) is 1. The van der Waals surface area contributed by atoms with E-state index >= 15 is 0 Å². The molecule has 1 aromatic heterocycles. The molecule has 6 rings (SSSR count). The van der Waals surface area contributed by atoms with Crippen LogP contribution in [-0.4, -0.2) is 46.7 Å². The predicted octanol–water partition coefficient (Wildman–Crippen LogP) is 5.03. The van der Waals surface area contributed by atoms with Crippen molar-refractivity contribution in [2.45, 2.75) is 50.4 Å². The molecule has 3 aliphatic rings. The molecule has 9 nitrogen and oxygen atoms in total. The fraction of sp³-hybridized carbons (Fsp3) is 0.419. The van der Waals surface area contributed by atoms with Crippen molar-refractivity contribution in [2.75, 3.05) is 30.4 Å². The van der Waals surface area contributed by atoms with Gasteiger partial charge in [0.25, 0.3) is 5.91 Å². The summed E-state index contributed by atoms with van der Waals surface area (Å²) < 4.78 is 11.7. The van der Waals surface area contributed by atoms with Crippen molar-refractivity contribution < 1.29 is 24.2 Å². The Morgan fingerprint density at radius 3 is 2.50 bits per heavy atom. The number of fused-ring (bicyclic) bond motifs is 1. The maximum atomic E-state index is 13.6. The molecule has 9 heteroatoms. The summed E-state index contributed by atoms with van der Waals surface area (Å²) in [5, 5.41) is 9.06. The van der Waals surface area contributed by atoms with Crippen LogP contribution in [0.25, 0.3) is 0 Å². The molecule has 2 heterocycles. The number of carbonyl (C=O) groups excluding carboxylic acids is 1. The van der Waals surface area contributed by atoms with Gasteiger partial charge in [0, 0.05) is 18.0 Å². The molecule has 208 valence electrons. The molecule has 0 bridgehead atoms. The highest BCUT2D eigenvalue weighted by molar-refractivity contribution is 6.10. The van der Waals surface area contributed by atoms with E-state index in [1.807, 2.05) is 30.3 Å². The zero-order valence-corrected chi connectivity index (χ0v) is 22.4. The predicted molar refractivity (Wildman–Crippen MR) is 150 cm³/mol. The summed E-state index contributed by atoms with van der Waals surface area (Å²) in [6.07, 6.45) is 5.12. The monoisotopic (exact) mass is 542 g/mol. The Bertz CT molecular complexity index is 1370. The molecule has 3 aromatic rings. The summed E-state index contributed by atoms with van der Waals surface area (Å²) in [5.74, 6) is 0.721. The third-order valence-corrected chi connectivity index (χ3v) is 8.46. The molecule has 3 N–H and O–H groups in total. The third-order valence-electron chi connectivity index (χ3n) is 8.46. The van der Waals surface area contributed by atoms with Crippen molar-refractivity contribution in [3.63, 3.8) is 0 Å². The van der Waals surface area contributed by atoms with Crippen molar-refractivity contribution in [1.29, 1.82) is 0 Å². The normalized spacial score (nSPS) is 24.0. The van der Waals surface area contributed by atoms with Crippen LogP contribution in [0.4, 0.5) is 11.5 Å². The highest BCUT2D eigenvalue weighted by Gasteiger charge is 2.39. The minimum absolute atomic E-state index is 0.0436. The Kier molecular flexibility index (Phi) is 7.28. The standard InChI is InChI=1S/C31H34N4O5/c32-28-27-29(34-31(33-28)40-18-23-17-25(23)22-4-2-1-3-5-22)39-15-14-35(30(27)38)24-12-10-21(11-13-24)20-8-6-19(7-9-20)16-26(36)37/h1-5,10-13,19-20,23,25H,6-9,14-18H2,(H,36,37)(H2,32,33,34). The zero-order valence-electron chi connectivity index (χ0n) is 22.4. The molecule has 2 atom stereocenters. The molecule has 0 saturated heterocycles. The van der Waals surface area contributed by atoms with E-state index < -0.39 is 5.97 Å². The highest BCUT2D eigenvalue weighted by Crippen LogP contribution is 2.47. The molecule has 0 radical (unpaired) electrons. The molecule has 2 aromatic carbocycles. The average molecular weight is 543 g/mol. The Labute approximate surface area is 233 Å². The van der Waals surface area contributed by atoms with E-state index in [9.17, 15) is 9.59 Å². The summed E-state index contributed by atoms with van der Waals surface area (Å²) in [4.78, 5) is 34.9. The fourth-order valence-corrected chi connectivity index (χ4v) is 6.12. The number of ether oxygens (including phenoxy) is 2. The fourth-order valence-electron chi connectivity index (χ4n) is 6.12. The Morgan fingerprint density at radius 2 is 1.77 bits per heavy atom. The number of carbonyl (C=O) groups is 2. The lowest BCUT2D eigenvalue weighted by atomic mass is 9.77. The smallest absolute Gasteiger partial charge is 0.321 e. The van der Waals surface area contributed by atoms with E-state index in [4.69, 9.17) is 20.3 Å². The molecule has 2 saturated carbocycles. The van der Waals surface area contributed by atoms with Crippen LogP contribution in [0.15, 0.2) is 54.6 Å². The first kappa shape index (κ1) is 26.1. The van der Waals surface area contributed by atoms with Gasteiger partial charge < -0.3 is 25.2 Å². The van der Waals surface area contributed by atoms with Crippen molar-refractivity contribution in [2.24, 2.45) is 11.8 Å². The van der Waals surface area contributed by atoms with E-state index in [0.717, 1.165) is 37.8 Å². The van der Waals surface area contributed by atoms with Crippen molar-refractivity contribution in [3.05, 3.63) is 71.3 Å². The molecule has 2 aliphatic carbocycles. The molecular weight excluding hydrogens is 508 g/mol. The second-order valence-corrected chi connectivity index (χ2v) is 11.1. The van der Waals surface area contributed by atoms with Gasteiger partial charge in [0.15, 0.2) is 0 Å². The Hall–Kier alpha value is -4.14. The second kappa shape index (κ2) is 11.2. The van der Waals surface area contributed by atoms with Crippen molar-refractivity contribution in [3.8, 4) is 11.9 Å². The second-order valence-electron chi connectivity index (χ2n) is 11.1. The first-order chi connectivity index (χ1) is 19.5. The molecule has 40 heavy (non-hydrogen) atoms. The number of aliphatic carboxylic acids is 1. The van der Waals surface area contributed by atoms with Crippen LogP contribution >= 0.6 is 0 Å². The van der Waals surface area contributed by atoms with Gasteiger partial charge in [0.05, 0.1) is 13.2 Å². The van der Waals surface area contributed by atoms with Crippen LogP contribution in [0, 0.1) is 11.8 Å². The van der Waals surface area contributed by atoms with Gasteiger partial charge in [-0.3, -0.25) is 9.59 Å². The van der Waals surface area contributed by atoms with Gasteiger partial charge in [-0.15, -0.1) is 0 Å². The summed E-state index contributed by atoms with van der Waals surface area (Å²) in [6, 6.07) is 18.5. The summed E-state index contributed by atoms with van der Waals surface area (Å²) in [5.41, 5.74) is 9.68. The quantitative estimate of drug-likeness (QED) is 0.406. The maximum absolute atomic E-state index is 13.6. The SMILES string of the molecule is Nc1nc(OCC2CC2c2ccccc2)nc2c1C(=O)N(c1ccc(C3CCC(CC(=O)O)CC3)cc1)CCO2. The van der Waals surface area contributed by atoms with Crippen LogP contribution < -0.4 is 20.1 Å². The minimum Gasteiger partial charge on any atom is -0.481 e. The molecule has 2 unspecified atom stereocenters. The van der Waals surface area contributed by atoms with E-state index in [1.54, 1.807) is 4.90 Å². The maximum Gasteiger partial charge on any atom is 0.321 e. The average Bonchev–Trinajstić information content (AvgIpc) is 3.76. The topological polar surface area (TPSA) is 128 Å². The highest BCUT2D eigenvalue weighted by atomic mass is 16.5. The number of carboxylic acids is 1. The Balaban J connectivity index is 1.10. The number of hydrogen-bond donors (Lipinski definition) is 2. The lowest BCUT2D eigenvalue weighted by Crippen LogP contribution is -2.32. The van der Waals surface area contributed by atoms with Crippen molar-refractivity contribution in [1.82, 2.24) is 9.97 Å². The van der Waals surface area contributed by atoms with E-state index in [2.05, 4.69) is 34.2 Å². The van der Waals surface area contributed by atoms with Gasteiger partial charge >= 0.3 is 12.0 Å². The lowest BCUT2D eigenvalue weighted by Gasteiger charge is -2.28. The van der Waals surface area contributed by atoms with E-state index in [-0.39, 0.29) is 48.1 Å². The largest absolute Gasteiger partial charge is 0.481 e. The first-order valence-electron chi connectivity index (χ1n) is 14.1. The number of aromatic nitrogens is 2. The summed E-state index contributed by atoms with van der Waals surface area (Å²) in [6.45, 7) is 1.10. The van der Waals surface area contributed by atoms with Crippen LogP contribution in [0.5, 0.6) is 11.9 Å². The summed E-state index contributed by atoms with van der Waals surface area (Å²) >= 11 is 0. The number of nitrogen functional groups attached to an aromatic ring is 1. The first-order valence-corrected chi connectivity index (χ1v) is 14.1. The van der Waals surface area contributed by atoms with Gasteiger partial charge in [0.2, 0.25) is 5.88 Å². The number of hydrogen-bond acceptors (Lipinski definition) is 7. The van der Waals surface area contributed by atoms with Crippen LogP contribution in [0.2, 0.25) is 0 Å². The van der Waals surface area contributed by atoms with Gasteiger partial charge in [-0.2, -0.15) is 9.97 Å². The number of benzene rings is 2. The van der Waals surface area contributed by atoms with Crippen LogP contribution in [0.3, 0.4) is 0 Å². The van der Waals surface area contributed by atoms with E-state index in [0.29, 0.717) is 30.9 Å². The molecular formula is C31H34N4O5. The van der Waals surface area contributed by atoms with Crippen LogP contribution in [-0.2, 0) is 4.79 Å². The number of nitrogens with two attached hydrogens (primary N) is 1. The van der Waals surface area contributed by atoms with Gasteiger partial charge in [-0.1, -0.05) is 42.5 Å². The zero-order chi connectivity index (χ0) is 27.6. The van der Waals surface area contributed by atoms with Gasteiger partial charge in [-0.25, -0.2) is 0 Å². The minimum atomic E-state index is -0.717. The molecule has 1 amide bonds. The molecule has 1 aliphatic heterocycles. The number of rotatable bonds is 8. The molecule has 2 fully saturated rings. The number of nitrogens with zero attached hydrogens (tertiary/aromatic N) is 3. The number of amides is 1. The van der Waals surface area contributed by atoms with Gasteiger partial charge in [-0.05, 0) is 73.1 Å². The summed E-state index contributed by atoms with van der Waals surface area (Å²) in [7, 11) is 0. The number of anilines is 2. The van der Waals surface area contributed by atoms with Gasteiger partial charge in [0.1, 0.15) is 18.0 Å². The van der Waals surface area contributed by atoms with Crippen LogP contribution in [0.1, 0.15) is 71.8 Å². The van der Waals surface area contributed by atoms with E-state index in [1.165, 1.54) is 11.1 Å². The van der Waals surface area contributed by atoms with Crippen molar-refractivity contribution >= 4 is 23.4 Å². The molecule has 0 spiro atoms. The third kappa shape index (κ3) is 5.59.